The highest BCUT2D eigenvalue weighted by molar-refractivity contribution is 5.94. The number of fused-ring (bicyclic) bond motifs is 3. The van der Waals surface area contributed by atoms with E-state index in [1.807, 2.05) is 0 Å². The minimum atomic E-state index is -0.888. The Morgan fingerprint density at radius 1 is 1.36 bits per heavy atom. The predicted molar refractivity (Wildman–Crippen MR) is 77.7 cm³/mol. The monoisotopic (exact) mass is 306 g/mol. The van der Waals surface area contributed by atoms with Gasteiger partial charge in [0.1, 0.15) is 23.9 Å². The van der Waals surface area contributed by atoms with Crippen LogP contribution in [0.25, 0.3) is 0 Å². The Balaban J connectivity index is 2.06. The number of esters is 2. The lowest BCUT2D eigenvalue weighted by Gasteiger charge is -2.39. The van der Waals surface area contributed by atoms with Crippen molar-refractivity contribution in [2.45, 2.75) is 45.6 Å². The smallest absolute Gasteiger partial charge is 0.334 e. The average Bonchev–Trinajstić information content (AvgIpc) is 2.90. The van der Waals surface area contributed by atoms with Gasteiger partial charge < -0.3 is 9.47 Å². The van der Waals surface area contributed by atoms with E-state index >= 15 is 0 Å². The molecule has 0 aromatic rings. The highest BCUT2D eigenvalue weighted by Gasteiger charge is 2.64. The van der Waals surface area contributed by atoms with E-state index in [2.05, 4.69) is 13.5 Å². The molecule has 0 radical (unpaired) electrons. The van der Waals surface area contributed by atoms with Gasteiger partial charge in [-0.3, -0.25) is 9.59 Å². The minimum absolute atomic E-state index is 0.0118. The van der Waals surface area contributed by atoms with Crippen LogP contribution >= 0.6 is 0 Å². The van der Waals surface area contributed by atoms with Gasteiger partial charge in [0.05, 0.1) is 0 Å². The van der Waals surface area contributed by atoms with Crippen molar-refractivity contribution in [1.29, 1.82) is 0 Å². The first kappa shape index (κ1) is 15.3. The summed E-state index contributed by atoms with van der Waals surface area (Å²) >= 11 is 0. The lowest BCUT2D eigenvalue weighted by Crippen LogP contribution is -2.50. The summed E-state index contributed by atoms with van der Waals surface area (Å²) in [5.74, 6) is -0.482. The number of ketones is 1. The molecule has 0 spiro atoms. The predicted octanol–water partition coefficient (Wildman–Crippen LogP) is 2.04. The number of carbonyl (C=O) groups is 3. The number of carbonyl (C=O) groups excluding carboxylic acids is 3. The SMILES string of the molecule is C=C1C(=O)O[C@@H]2[C@H]1CC[C@H](C)[C@@H]1CCC(=O)[C@@]21COC(C)=O. The molecule has 22 heavy (non-hydrogen) atoms. The molecule has 3 fully saturated rings. The van der Waals surface area contributed by atoms with Crippen LogP contribution in [-0.4, -0.2) is 30.4 Å². The molecule has 0 N–H and O–H groups in total. The van der Waals surface area contributed by atoms with Crippen LogP contribution in [0.1, 0.15) is 39.5 Å². The van der Waals surface area contributed by atoms with Crippen LogP contribution in [-0.2, 0) is 23.9 Å². The zero-order valence-electron chi connectivity index (χ0n) is 13.1. The van der Waals surface area contributed by atoms with E-state index in [9.17, 15) is 14.4 Å². The van der Waals surface area contributed by atoms with E-state index < -0.39 is 23.5 Å². The summed E-state index contributed by atoms with van der Waals surface area (Å²) in [6.07, 6.45) is 2.42. The Morgan fingerprint density at radius 3 is 2.77 bits per heavy atom. The van der Waals surface area contributed by atoms with Crippen molar-refractivity contribution in [3.8, 4) is 0 Å². The summed E-state index contributed by atoms with van der Waals surface area (Å²) in [5.41, 5.74) is -0.429. The van der Waals surface area contributed by atoms with Gasteiger partial charge in [-0.1, -0.05) is 13.5 Å². The fourth-order valence-corrected chi connectivity index (χ4v) is 4.68. The Hall–Kier alpha value is -1.65. The maximum absolute atomic E-state index is 12.8. The third-order valence-corrected chi connectivity index (χ3v) is 5.81. The van der Waals surface area contributed by atoms with Gasteiger partial charge in [0, 0.05) is 24.8 Å². The van der Waals surface area contributed by atoms with Crippen molar-refractivity contribution < 1.29 is 23.9 Å². The van der Waals surface area contributed by atoms with Crippen LogP contribution in [0.4, 0.5) is 0 Å². The first-order chi connectivity index (χ1) is 10.4. The number of hydrogen-bond acceptors (Lipinski definition) is 5. The van der Waals surface area contributed by atoms with Gasteiger partial charge in [-0.15, -0.1) is 0 Å². The Kier molecular flexibility index (Phi) is 3.62. The zero-order chi connectivity index (χ0) is 16.1. The second-order valence-electron chi connectivity index (χ2n) is 6.90. The first-order valence-corrected chi connectivity index (χ1v) is 7.94. The van der Waals surface area contributed by atoms with E-state index in [1.165, 1.54) is 6.92 Å². The molecule has 2 aliphatic carbocycles. The van der Waals surface area contributed by atoms with Crippen molar-refractivity contribution in [3.05, 3.63) is 12.2 Å². The number of ether oxygens (including phenoxy) is 2. The van der Waals surface area contributed by atoms with Gasteiger partial charge in [-0.2, -0.15) is 0 Å². The van der Waals surface area contributed by atoms with Crippen LogP contribution in [0.15, 0.2) is 12.2 Å². The van der Waals surface area contributed by atoms with E-state index in [4.69, 9.17) is 9.47 Å². The van der Waals surface area contributed by atoms with Crippen LogP contribution in [0, 0.1) is 23.2 Å². The topological polar surface area (TPSA) is 69.7 Å². The second-order valence-corrected chi connectivity index (χ2v) is 6.90. The van der Waals surface area contributed by atoms with Crippen molar-refractivity contribution in [1.82, 2.24) is 0 Å². The van der Waals surface area contributed by atoms with Crippen molar-refractivity contribution in [2.75, 3.05) is 6.61 Å². The standard InChI is InChI=1S/C17H22O5/c1-9-4-5-12-10(2)16(20)22-15(12)17(8-21-11(3)18)13(9)6-7-14(17)19/h9,12-13,15H,2,4-8H2,1,3H3/t9-,12-,13-,15+,17-/m0/s1. The minimum Gasteiger partial charge on any atom is -0.465 e. The summed E-state index contributed by atoms with van der Waals surface area (Å²) < 4.78 is 10.8. The number of hydrogen-bond donors (Lipinski definition) is 0. The van der Waals surface area contributed by atoms with Gasteiger partial charge in [0.25, 0.3) is 0 Å². The van der Waals surface area contributed by atoms with Crippen molar-refractivity contribution in [2.24, 2.45) is 23.2 Å². The summed E-state index contributed by atoms with van der Waals surface area (Å²) in [6.45, 7) is 7.34. The van der Waals surface area contributed by atoms with Gasteiger partial charge in [-0.25, -0.2) is 4.79 Å². The quantitative estimate of drug-likeness (QED) is 0.577. The molecular formula is C17H22O5. The molecular weight excluding hydrogens is 284 g/mol. The van der Waals surface area contributed by atoms with Gasteiger partial charge in [0.15, 0.2) is 0 Å². The first-order valence-electron chi connectivity index (χ1n) is 7.94. The third-order valence-electron chi connectivity index (χ3n) is 5.81. The molecule has 0 aromatic carbocycles. The number of Topliss-reactive ketones (excluding diaryl/α,β-unsaturated/α-hetero) is 1. The fourth-order valence-electron chi connectivity index (χ4n) is 4.68. The molecule has 1 aliphatic heterocycles. The summed E-state index contributed by atoms with van der Waals surface area (Å²) in [6, 6.07) is 0. The van der Waals surface area contributed by atoms with Crippen molar-refractivity contribution >= 4 is 17.7 Å². The lowest BCUT2D eigenvalue weighted by atomic mass is 9.67. The summed E-state index contributed by atoms with van der Waals surface area (Å²) in [5, 5.41) is 0. The second kappa shape index (κ2) is 5.21. The lowest BCUT2D eigenvalue weighted by molar-refractivity contribution is -0.164. The molecule has 5 atom stereocenters. The van der Waals surface area contributed by atoms with Crippen molar-refractivity contribution in [3.63, 3.8) is 0 Å². The maximum Gasteiger partial charge on any atom is 0.334 e. The van der Waals surface area contributed by atoms with E-state index in [-0.39, 0.29) is 24.2 Å². The largest absolute Gasteiger partial charge is 0.465 e. The van der Waals surface area contributed by atoms with Crippen LogP contribution < -0.4 is 0 Å². The van der Waals surface area contributed by atoms with E-state index in [0.717, 1.165) is 19.3 Å². The van der Waals surface area contributed by atoms with Crippen LogP contribution in [0.5, 0.6) is 0 Å². The molecule has 0 aromatic heterocycles. The average molecular weight is 306 g/mol. The molecule has 0 amide bonds. The highest BCUT2D eigenvalue weighted by Crippen LogP contribution is 2.56. The molecule has 0 unspecified atom stereocenters. The Labute approximate surface area is 130 Å². The molecule has 3 aliphatic rings. The molecule has 1 saturated heterocycles. The summed E-state index contributed by atoms with van der Waals surface area (Å²) in [7, 11) is 0. The summed E-state index contributed by atoms with van der Waals surface area (Å²) in [4.78, 5) is 36.1. The molecule has 2 saturated carbocycles. The van der Waals surface area contributed by atoms with Gasteiger partial charge in [-0.05, 0) is 31.1 Å². The van der Waals surface area contributed by atoms with Crippen LogP contribution in [0.2, 0.25) is 0 Å². The highest BCUT2D eigenvalue weighted by atomic mass is 16.6. The molecule has 120 valence electrons. The normalized spacial score (nSPS) is 40.7. The maximum atomic E-state index is 12.8. The zero-order valence-corrected chi connectivity index (χ0v) is 13.1. The molecule has 1 heterocycles. The molecule has 5 heteroatoms. The van der Waals surface area contributed by atoms with E-state index in [1.54, 1.807) is 0 Å². The van der Waals surface area contributed by atoms with E-state index in [0.29, 0.717) is 17.9 Å². The molecule has 0 bridgehead atoms. The van der Waals surface area contributed by atoms with Gasteiger partial charge in [0.2, 0.25) is 0 Å². The third kappa shape index (κ3) is 2.02. The fraction of sp³-hybridized carbons (Fsp3) is 0.706. The Morgan fingerprint density at radius 2 is 2.09 bits per heavy atom. The molecule has 3 rings (SSSR count). The van der Waals surface area contributed by atoms with Gasteiger partial charge >= 0.3 is 11.9 Å². The Bertz CT molecular complexity index is 551. The molecule has 5 nitrogen and oxygen atoms in total. The van der Waals surface area contributed by atoms with Crippen LogP contribution in [0.3, 0.4) is 0 Å². The number of rotatable bonds is 2.